The predicted molar refractivity (Wildman–Crippen MR) is 52.1 cm³/mol. The molecule has 0 bridgehead atoms. The summed E-state index contributed by atoms with van der Waals surface area (Å²) < 4.78 is 10.1. The molecular weight excluding hydrogens is 169 g/mol. The number of hydrogen-bond acceptors (Lipinski definition) is 4. The number of hydrogen-bond donors (Lipinski definition) is 0. The minimum atomic E-state index is 0.118. The molecule has 1 rings (SSSR count). The second-order valence-corrected chi connectivity index (χ2v) is 2.46. The highest BCUT2D eigenvalue weighted by Gasteiger charge is 2.06. The van der Waals surface area contributed by atoms with Gasteiger partial charge in [-0.3, -0.25) is 0 Å². The lowest BCUT2D eigenvalue weighted by atomic mass is 9.84. The molecule has 4 nitrogen and oxygen atoms in total. The summed E-state index contributed by atoms with van der Waals surface area (Å²) in [5.74, 6) is 1.32. The first kappa shape index (κ1) is 9.57. The molecule has 0 aliphatic heterocycles. The van der Waals surface area contributed by atoms with E-state index in [0.717, 1.165) is 5.46 Å². The van der Waals surface area contributed by atoms with Gasteiger partial charge in [-0.05, 0) is 11.5 Å². The van der Waals surface area contributed by atoms with Gasteiger partial charge in [-0.25, -0.2) is 0 Å². The van der Waals surface area contributed by atoms with Gasteiger partial charge >= 0.3 is 7.41 Å². The fourth-order valence-electron chi connectivity index (χ4n) is 1.05. The van der Waals surface area contributed by atoms with Crippen molar-refractivity contribution in [1.29, 1.82) is 0 Å². The van der Waals surface area contributed by atoms with Gasteiger partial charge in [0.15, 0.2) is 0 Å². The van der Waals surface area contributed by atoms with Crippen LogP contribution < -0.4 is 14.9 Å². The van der Waals surface area contributed by atoms with Crippen LogP contribution in [0.4, 0.5) is 0 Å². The third-order valence-corrected chi connectivity index (χ3v) is 1.73. The molecule has 0 aromatic heterocycles. The second-order valence-electron chi connectivity index (χ2n) is 2.46. The highest BCUT2D eigenvalue weighted by Crippen LogP contribution is 2.16. The first-order valence-corrected chi connectivity index (χ1v) is 3.82. The number of rotatable bonds is 4. The van der Waals surface area contributed by atoms with Crippen LogP contribution in [-0.2, 0) is 0 Å². The van der Waals surface area contributed by atoms with Crippen LogP contribution in [-0.4, -0.2) is 21.6 Å². The van der Waals surface area contributed by atoms with Crippen molar-refractivity contribution in [3.63, 3.8) is 0 Å². The van der Waals surface area contributed by atoms with Crippen LogP contribution in [0, 0.1) is 4.91 Å². The van der Waals surface area contributed by atoms with Crippen LogP contribution >= 0.6 is 0 Å². The fraction of sp³-hybridized carbons (Fsp3) is 0.250. The van der Waals surface area contributed by atoms with Crippen molar-refractivity contribution in [2.24, 2.45) is 5.09 Å². The molecule has 0 aliphatic rings. The number of benzene rings is 1. The molecule has 1 aromatic rings. The van der Waals surface area contributed by atoms with Gasteiger partial charge in [0.05, 0.1) is 14.2 Å². The average Bonchev–Trinajstić information content (AvgIpc) is 2.19. The Kier molecular flexibility index (Phi) is 3.31. The van der Waals surface area contributed by atoms with Gasteiger partial charge in [0.2, 0.25) is 0 Å². The monoisotopic (exact) mass is 179 g/mol. The van der Waals surface area contributed by atoms with Crippen molar-refractivity contribution in [2.45, 2.75) is 0 Å². The van der Waals surface area contributed by atoms with E-state index in [1.807, 2.05) is 0 Å². The Morgan fingerprint density at radius 1 is 1.31 bits per heavy atom. The summed E-state index contributed by atoms with van der Waals surface area (Å²) in [6, 6.07) is 5.25. The fourth-order valence-corrected chi connectivity index (χ4v) is 1.05. The van der Waals surface area contributed by atoms with Crippen LogP contribution in [0.3, 0.4) is 0 Å². The Bertz CT molecular complexity index is 303. The van der Waals surface area contributed by atoms with E-state index in [9.17, 15) is 4.91 Å². The molecule has 0 spiro atoms. The number of ether oxygens (including phenoxy) is 2. The topological polar surface area (TPSA) is 47.9 Å². The lowest BCUT2D eigenvalue weighted by Gasteiger charge is -2.06. The summed E-state index contributed by atoms with van der Waals surface area (Å²) in [6.07, 6.45) is 0. The third-order valence-electron chi connectivity index (χ3n) is 1.73. The van der Waals surface area contributed by atoms with Crippen molar-refractivity contribution in [2.75, 3.05) is 14.2 Å². The van der Waals surface area contributed by atoms with Gasteiger partial charge < -0.3 is 9.47 Å². The van der Waals surface area contributed by atoms with Gasteiger partial charge in [0, 0.05) is 6.07 Å². The lowest BCUT2D eigenvalue weighted by molar-refractivity contribution is 0.396. The van der Waals surface area contributed by atoms with Crippen molar-refractivity contribution >= 4 is 12.9 Å². The number of methoxy groups -OCH3 is 2. The number of nitrogens with zero attached hydrogens (tertiary/aromatic N) is 1. The Balaban J connectivity index is 3.00. The van der Waals surface area contributed by atoms with E-state index in [4.69, 9.17) is 9.47 Å². The van der Waals surface area contributed by atoms with Crippen LogP contribution in [0.25, 0.3) is 0 Å². The first-order valence-electron chi connectivity index (χ1n) is 3.82. The molecule has 0 amide bonds. The molecule has 5 heteroatoms. The molecule has 0 radical (unpaired) electrons. The summed E-state index contributed by atoms with van der Waals surface area (Å²) in [6.45, 7) is 0. The average molecular weight is 179 g/mol. The maximum absolute atomic E-state index is 10.1. The maximum atomic E-state index is 10.1. The Labute approximate surface area is 77.1 Å². The van der Waals surface area contributed by atoms with Crippen molar-refractivity contribution < 1.29 is 9.47 Å². The molecule has 0 unspecified atom stereocenters. The summed E-state index contributed by atoms with van der Waals surface area (Å²) in [5, 5.41) is 2.80. The Hall–Kier alpha value is -1.52. The summed E-state index contributed by atoms with van der Waals surface area (Å²) in [4.78, 5) is 10.1. The second kappa shape index (κ2) is 4.50. The lowest BCUT2D eigenvalue weighted by Crippen LogP contribution is -2.14. The van der Waals surface area contributed by atoms with E-state index in [1.54, 1.807) is 32.4 Å². The molecular formula is C8H10BNO3. The quantitative estimate of drug-likeness (QED) is 0.497. The van der Waals surface area contributed by atoms with Gasteiger partial charge in [-0.1, -0.05) is 6.07 Å². The van der Waals surface area contributed by atoms with E-state index >= 15 is 0 Å². The van der Waals surface area contributed by atoms with E-state index in [-0.39, 0.29) is 7.41 Å². The summed E-state index contributed by atoms with van der Waals surface area (Å²) in [7, 11) is 3.24. The Morgan fingerprint density at radius 2 is 2.08 bits per heavy atom. The highest BCUT2D eigenvalue weighted by atomic mass is 16.5. The van der Waals surface area contributed by atoms with Gasteiger partial charge in [0.1, 0.15) is 11.5 Å². The van der Waals surface area contributed by atoms with E-state index in [1.165, 1.54) is 0 Å². The van der Waals surface area contributed by atoms with Crippen molar-refractivity contribution in [1.82, 2.24) is 0 Å². The number of nitroso groups, excluding NO2 is 1. The molecule has 0 saturated heterocycles. The van der Waals surface area contributed by atoms with Crippen molar-refractivity contribution in [3.8, 4) is 11.5 Å². The minimum absolute atomic E-state index is 0.118. The largest absolute Gasteiger partial charge is 0.497 e. The SMILES string of the molecule is COc1ccc(BN=O)c(OC)c1. The predicted octanol–water partition coefficient (Wildman–Crippen LogP) is 0.447. The molecule has 0 fully saturated rings. The van der Waals surface area contributed by atoms with E-state index in [0.29, 0.717) is 11.5 Å². The third kappa shape index (κ3) is 2.21. The molecule has 0 heterocycles. The standard InChI is InChI=1S/C8H10BNO3/c1-12-6-3-4-7(9-10-11)8(5-6)13-2/h3-5,9H,1-2H3. The van der Waals surface area contributed by atoms with Crippen LogP contribution in [0.5, 0.6) is 11.5 Å². The van der Waals surface area contributed by atoms with Crippen LogP contribution in [0.15, 0.2) is 23.3 Å². The van der Waals surface area contributed by atoms with Gasteiger partial charge in [-0.15, -0.1) is 5.09 Å². The zero-order valence-corrected chi connectivity index (χ0v) is 7.61. The molecule has 0 saturated carbocycles. The van der Waals surface area contributed by atoms with E-state index < -0.39 is 0 Å². The smallest absolute Gasteiger partial charge is 0.356 e. The minimum Gasteiger partial charge on any atom is -0.497 e. The first-order chi connectivity index (χ1) is 6.31. The zero-order valence-electron chi connectivity index (χ0n) is 7.61. The summed E-state index contributed by atoms with van der Waals surface area (Å²) >= 11 is 0. The molecule has 0 atom stereocenters. The van der Waals surface area contributed by atoms with Crippen LogP contribution in [0.1, 0.15) is 0 Å². The molecule has 0 aliphatic carbocycles. The highest BCUT2D eigenvalue weighted by molar-refractivity contribution is 6.52. The van der Waals surface area contributed by atoms with E-state index in [2.05, 4.69) is 5.09 Å². The van der Waals surface area contributed by atoms with Crippen LogP contribution in [0.2, 0.25) is 0 Å². The molecule has 68 valence electrons. The normalized spacial score (nSPS) is 9.08. The van der Waals surface area contributed by atoms with Crippen molar-refractivity contribution in [3.05, 3.63) is 23.1 Å². The molecule has 1 aromatic carbocycles. The molecule has 0 N–H and O–H groups in total. The maximum Gasteiger partial charge on any atom is 0.356 e. The van der Waals surface area contributed by atoms with Gasteiger partial charge in [0.25, 0.3) is 0 Å². The van der Waals surface area contributed by atoms with Gasteiger partial charge in [-0.2, -0.15) is 4.91 Å². The molecule has 13 heavy (non-hydrogen) atoms. The Morgan fingerprint density at radius 3 is 2.62 bits per heavy atom. The summed E-state index contributed by atoms with van der Waals surface area (Å²) in [5.41, 5.74) is 0.762. The zero-order chi connectivity index (χ0) is 9.68.